The minimum Gasteiger partial charge on any atom is -0.467 e. The Balaban J connectivity index is 1.65. The highest BCUT2D eigenvalue weighted by Crippen LogP contribution is 2.18. The number of carbonyl (C=O) groups excluding carboxylic acids is 1. The molecule has 0 atom stereocenters. The van der Waals surface area contributed by atoms with Gasteiger partial charge in [0.2, 0.25) is 0 Å². The van der Waals surface area contributed by atoms with Gasteiger partial charge in [-0.15, -0.1) is 0 Å². The van der Waals surface area contributed by atoms with Crippen LogP contribution in [0.2, 0.25) is 5.02 Å². The van der Waals surface area contributed by atoms with Crippen molar-refractivity contribution in [2.24, 2.45) is 0 Å². The monoisotopic (exact) mass is 390 g/mol. The van der Waals surface area contributed by atoms with E-state index in [-0.39, 0.29) is 17.3 Å². The number of sulfonamides is 1. The number of carbonyl (C=O) groups is 1. The molecule has 134 valence electrons. The van der Waals surface area contributed by atoms with E-state index in [2.05, 4.69) is 10.0 Å². The Hall–Kier alpha value is -2.77. The normalized spacial score (nSPS) is 11.1. The van der Waals surface area contributed by atoms with E-state index in [0.717, 1.165) is 0 Å². The molecule has 0 saturated carbocycles. The van der Waals surface area contributed by atoms with Gasteiger partial charge in [-0.3, -0.25) is 9.52 Å². The third-order valence-corrected chi connectivity index (χ3v) is 5.18. The minimum absolute atomic E-state index is 0.0992. The molecule has 0 fully saturated rings. The smallest absolute Gasteiger partial charge is 0.261 e. The number of anilines is 1. The van der Waals surface area contributed by atoms with E-state index < -0.39 is 10.0 Å². The number of benzene rings is 2. The Labute approximate surface area is 155 Å². The average molecular weight is 391 g/mol. The molecule has 1 heterocycles. The van der Waals surface area contributed by atoms with E-state index in [4.69, 9.17) is 16.0 Å². The van der Waals surface area contributed by atoms with Gasteiger partial charge < -0.3 is 9.73 Å². The fourth-order valence-corrected chi connectivity index (χ4v) is 3.38. The Morgan fingerprint density at radius 1 is 1.00 bits per heavy atom. The molecule has 0 aliphatic rings. The first kappa shape index (κ1) is 18.0. The van der Waals surface area contributed by atoms with Crippen molar-refractivity contribution in [1.82, 2.24) is 5.32 Å². The summed E-state index contributed by atoms with van der Waals surface area (Å²) in [5.41, 5.74) is 0.758. The SMILES string of the molecule is O=C(NCc1ccco1)c1ccc(NS(=O)(=O)c2ccc(Cl)cc2)cc1. The number of halogens is 1. The first-order valence-electron chi connectivity index (χ1n) is 7.63. The van der Waals surface area contributed by atoms with E-state index in [9.17, 15) is 13.2 Å². The molecule has 1 aromatic heterocycles. The summed E-state index contributed by atoms with van der Waals surface area (Å²) in [6, 6.07) is 15.5. The van der Waals surface area contributed by atoms with Crippen molar-refractivity contribution < 1.29 is 17.6 Å². The fourth-order valence-electron chi connectivity index (χ4n) is 2.20. The van der Waals surface area contributed by atoms with Crippen LogP contribution in [0, 0.1) is 0 Å². The van der Waals surface area contributed by atoms with Crippen molar-refractivity contribution in [3.8, 4) is 0 Å². The second-order valence-electron chi connectivity index (χ2n) is 5.40. The molecule has 6 nitrogen and oxygen atoms in total. The summed E-state index contributed by atoms with van der Waals surface area (Å²) in [5, 5.41) is 3.17. The molecule has 8 heteroatoms. The lowest BCUT2D eigenvalue weighted by molar-refractivity contribution is 0.0948. The lowest BCUT2D eigenvalue weighted by Gasteiger charge is -2.09. The molecule has 1 amide bonds. The predicted octanol–water partition coefficient (Wildman–Crippen LogP) is 3.66. The van der Waals surface area contributed by atoms with E-state index >= 15 is 0 Å². The first-order valence-corrected chi connectivity index (χ1v) is 9.49. The van der Waals surface area contributed by atoms with E-state index in [1.54, 1.807) is 12.1 Å². The number of nitrogens with one attached hydrogen (secondary N) is 2. The number of rotatable bonds is 6. The van der Waals surface area contributed by atoms with Crippen LogP contribution in [-0.4, -0.2) is 14.3 Å². The number of furan rings is 1. The van der Waals surface area contributed by atoms with Gasteiger partial charge in [-0.2, -0.15) is 0 Å². The summed E-state index contributed by atoms with van der Waals surface area (Å²) < 4.78 is 32.2. The maximum absolute atomic E-state index is 12.3. The summed E-state index contributed by atoms with van der Waals surface area (Å²) in [6.45, 7) is 0.275. The minimum atomic E-state index is -3.72. The van der Waals surface area contributed by atoms with Crippen molar-refractivity contribution in [2.75, 3.05) is 4.72 Å². The van der Waals surface area contributed by atoms with Crippen LogP contribution in [0.4, 0.5) is 5.69 Å². The highest BCUT2D eigenvalue weighted by molar-refractivity contribution is 7.92. The molecule has 2 N–H and O–H groups in total. The molecule has 0 spiro atoms. The molecule has 2 aromatic carbocycles. The second-order valence-corrected chi connectivity index (χ2v) is 7.52. The van der Waals surface area contributed by atoms with Crippen molar-refractivity contribution in [3.05, 3.63) is 83.3 Å². The zero-order valence-corrected chi connectivity index (χ0v) is 15.0. The summed E-state index contributed by atoms with van der Waals surface area (Å²) >= 11 is 5.77. The first-order chi connectivity index (χ1) is 12.4. The molecule has 3 rings (SSSR count). The molecule has 26 heavy (non-hydrogen) atoms. The highest BCUT2D eigenvalue weighted by atomic mass is 35.5. The standard InChI is InChI=1S/C18H15ClN2O4S/c19-14-5-9-17(10-6-14)26(23,24)21-15-7-3-13(4-8-15)18(22)20-12-16-2-1-11-25-16/h1-11,21H,12H2,(H,20,22). The fraction of sp³-hybridized carbons (Fsp3) is 0.0556. The van der Waals surface area contributed by atoms with E-state index in [0.29, 0.717) is 22.0 Å². The van der Waals surface area contributed by atoms with Crippen LogP contribution in [0.5, 0.6) is 0 Å². The van der Waals surface area contributed by atoms with E-state index in [1.165, 1.54) is 54.8 Å². The largest absolute Gasteiger partial charge is 0.467 e. The second kappa shape index (κ2) is 7.63. The van der Waals surface area contributed by atoms with Crippen LogP contribution < -0.4 is 10.0 Å². The Kier molecular flexibility index (Phi) is 5.29. The topological polar surface area (TPSA) is 88.4 Å². The van der Waals surface area contributed by atoms with Gasteiger partial charge in [0.25, 0.3) is 15.9 Å². The maximum Gasteiger partial charge on any atom is 0.261 e. The molecule has 0 unspecified atom stereocenters. The van der Waals surface area contributed by atoms with Gasteiger partial charge >= 0.3 is 0 Å². The van der Waals surface area contributed by atoms with Crippen LogP contribution in [0.15, 0.2) is 76.2 Å². The zero-order valence-electron chi connectivity index (χ0n) is 13.5. The van der Waals surface area contributed by atoms with Crippen molar-refractivity contribution in [1.29, 1.82) is 0 Å². The van der Waals surface area contributed by atoms with Crippen LogP contribution in [0.25, 0.3) is 0 Å². The number of amides is 1. The number of hydrogen-bond donors (Lipinski definition) is 2. The van der Waals surface area contributed by atoms with Crippen molar-refractivity contribution in [2.45, 2.75) is 11.4 Å². The third kappa shape index (κ3) is 4.44. The van der Waals surface area contributed by atoms with Gasteiger partial charge in [0.05, 0.1) is 17.7 Å². The Morgan fingerprint density at radius 3 is 2.31 bits per heavy atom. The van der Waals surface area contributed by atoms with Crippen LogP contribution in [0.3, 0.4) is 0 Å². The molecule has 0 radical (unpaired) electrons. The van der Waals surface area contributed by atoms with Gasteiger partial charge in [-0.25, -0.2) is 8.42 Å². The quantitative estimate of drug-likeness (QED) is 0.672. The molecule has 0 saturated heterocycles. The molecule has 0 aliphatic carbocycles. The van der Waals surface area contributed by atoms with E-state index in [1.807, 2.05) is 0 Å². The van der Waals surface area contributed by atoms with Gasteiger partial charge in [-0.1, -0.05) is 11.6 Å². The predicted molar refractivity (Wildman–Crippen MR) is 98.6 cm³/mol. The highest BCUT2D eigenvalue weighted by Gasteiger charge is 2.14. The maximum atomic E-state index is 12.3. The van der Waals surface area contributed by atoms with Gasteiger partial charge in [0.1, 0.15) is 5.76 Å². The summed E-state index contributed by atoms with van der Waals surface area (Å²) in [5.74, 6) is 0.360. The molecular formula is C18H15ClN2O4S. The average Bonchev–Trinajstić information content (AvgIpc) is 3.14. The lowest BCUT2D eigenvalue weighted by Crippen LogP contribution is -2.22. The van der Waals surface area contributed by atoms with Gasteiger partial charge in [-0.05, 0) is 60.7 Å². The Bertz CT molecular complexity index is 983. The molecule has 3 aromatic rings. The number of hydrogen-bond acceptors (Lipinski definition) is 4. The summed E-state index contributed by atoms with van der Waals surface area (Å²) in [4.78, 5) is 12.2. The zero-order chi connectivity index (χ0) is 18.6. The summed E-state index contributed by atoms with van der Waals surface area (Å²) in [6.07, 6.45) is 1.53. The van der Waals surface area contributed by atoms with Crippen LogP contribution >= 0.6 is 11.6 Å². The molecule has 0 aliphatic heterocycles. The molecular weight excluding hydrogens is 376 g/mol. The van der Waals surface area contributed by atoms with Crippen molar-refractivity contribution >= 4 is 33.2 Å². The van der Waals surface area contributed by atoms with Crippen LogP contribution in [-0.2, 0) is 16.6 Å². The van der Waals surface area contributed by atoms with Gasteiger partial charge in [0, 0.05) is 16.3 Å². The van der Waals surface area contributed by atoms with Crippen LogP contribution in [0.1, 0.15) is 16.1 Å². The third-order valence-electron chi connectivity index (χ3n) is 3.53. The summed E-state index contributed by atoms with van der Waals surface area (Å²) in [7, 11) is -3.72. The van der Waals surface area contributed by atoms with Gasteiger partial charge in [0.15, 0.2) is 0 Å². The molecule has 0 bridgehead atoms. The van der Waals surface area contributed by atoms with Crippen molar-refractivity contribution in [3.63, 3.8) is 0 Å². The Morgan fingerprint density at radius 2 is 1.69 bits per heavy atom. The lowest BCUT2D eigenvalue weighted by atomic mass is 10.2.